The zero-order valence-corrected chi connectivity index (χ0v) is 17.6. The SMILES string of the molecule is Fc1ccc(C2(C(F)(F)F)CC(c3ccc(C4(F)CN(CC5CC5)C4)nc3)=NO2)cc1Cl. The average molecular weight is 472 g/mol. The molecule has 1 saturated carbocycles. The van der Waals surface area contributed by atoms with Crippen molar-refractivity contribution in [2.45, 2.75) is 36.7 Å². The normalized spacial score (nSPS) is 25.2. The third-order valence-corrected chi connectivity index (χ3v) is 6.58. The predicted molar refractivity (Wildman–Crippen MR) is 108 cm³/mol. The molecule has 1 atom stereocenters. The average Bonchev–Trinajstić information content (AvgIpc) is 3.42. The van der Waals surface area contributed by atoms with Crippen molar-refractivity contribution in [3.63, 3.8) is 0 Å². The molecular formula is C22H19ClF5N3O. The lowest BCUT2D eigenvalue weighted by molar-refractivity contribution is -0.275. The number of halogens is 6. The highest BCUT2D eigenvalue weighted by Gasteiger charge is 2.62. The smallest absolute Gasteiger partial charge is 0.374 e. The van der Waals surface area contributed by atoms with Gasteiger partial charge in [-0.15, -0.1) is 0 Å². The molecule has 170 valence electrons. The number of alkyl halides is 4. The number of pyridine rings is 1. The van der Waals surface area contributed by atoms with Crippen LogP contribution in [0, 0.1) is 11.7 Å². The maximum atomic E-state index is 15.1. The summed E-state index contributed by atoms with van der Waals surface area (Å²) >= 11 is 5.69. The monoisotopic (exact) mass is 471 g/mol. The highest BCUT2D eigenvalue weighted by molar-refractivity contribution is 6.30. The van der Waals surface area contributed by atoms with Gasteiger partial charge in [-0.2, -0.15) is 13.2 Å². The molecule has 10 heteroatoms. The lowest BCUT2D eigenvalue weighted by Gasteiger charge is -2.44. The van der Waals surface area contributed by atoms with E-state index in [9.17, 15) is 17.6 Å². The molecule has 0 radical (unpaired) electrons. The van der Waals surface area contributed by atoms with Crippen molar-refractivity contribution in [1.29, 1.82) is 0 Å². The highest BCUT2D eigenvalue weighted by Crippen LogP contribution is 2.49. The molecule has 1 aromatic carbocycles. The Bertz CT molecular complexity index is 1060. The summed E-state index contributed by atoms with van der Waals surface area (Å²) in [6.07, 6.45) is -1.79. The molecule has 2 fully saturated rings. The van der Waals surface area contributed by atoms with Crippen LogP contribution >= 0.6 is 11.6 Å². The molecule has 0 N–H and O–H groups in total. The third-order valence-electron chi connectivity index (χ3n) is 6.29. The second-order valence-electron chi connectivity index (χ2n) is 8.77. The molecule has 1 unspecified atom stereocenters. The van der Waals surface area contributed by atoms with Crippen molar-refractivity contribution < 1.29 is 26.8 Å². The van der Waals surface area contributed by atoms with Gasteiger partial charge in [0, 0.05) is 37.0 Å². The number of nitrogens with zero attached hydrogens (tertiary/aromatic N) is 3. The Morgan fingerprint density at radius 1 is 1.16 bits per heavy atom. The van der Waals surface area contributed by atoms with E-state index in [1.54, 1.807) is 0 Å². The maximum absolute atomic E-state index is 15.1. The van der Waals surface area contributed by atoms with Crippen molar-refractivity contribution in [2.75, 3.05) is 19.6 Å². The standard InChI is InChI=1S/C22H19ClF5N3O/c23-16-7-15(4-5-17(16)24)21(22(26,27)28)8-18(30-32-21)14-3-6-19(29-9-14)20(25)11-31(12-20)10-13-1-2-13/h3-7,9,13H,1-2,8,10-12H2. The van der Waals surface area contributed by atoms with E-state index in [2.05, 4.69) is 10.1 Å². The summed E-state index contributed by atoms with van der Waals surface area (Å²) in [6.45, 7) is 1.43. The van der Waals surface area contributed by atoms with E-state index in [4.69, 9.17) is 16.4 Å². The van der Waals surface area contributed by atoms with E-state index in [0.29, 0.717) is 11.5 Å². The Balaban J connectivity index is 1.34. The van der Waals surface area contributed by atoms with E-state index in [-0.39, 0.29) is 30.1 Å². The van der Waals surface area contributed by atoms with Crippen LogP contribution in [0.3, 0.4) is 0 Å². The van der Waals surface area contributed by atoms with Crippen LogP contribution in [0.1, 0.15) is 36.1 Å². The Morgan fingerprint density at radius 3 is 2.50 bits per heavy atom. The van der Waals surface area contributed by atoms with Gasteiger partial charge in [-0.1, -0.05) is 22.8 Å². The molecule has 32 heavy (non-hydrogen) atoms. The Hall–Kier alpha value is -2.26. The number of hydrogen-bond donors (Lipinski definition) is 0. The number of hydrogen-bond acceptors (Lipinski definition) is 4. The molecule has 0 spiro atoms. The fourth-order valence-electron chi connectivity index (χ4n) is 4.25. The molecule has 1 aromatic heterocycles. The van der Waals surface area contributed by atoms with Crippen LogP contribution in [0.4, 0.5) is 22.0 Å². The Kier molecular flexibility index (Phi) is 4.98. The van der Waals surface area contributed by atoms with Crippen molar-refractivity contribution in [3.05, 3.63) is 64.2 Å². The minimum absolute atomic E-state index is 0.0127. The van der Waals surface area contributed by atoms with E-state index >= 15 is 4.39 Å². The summed E-state index contributed by atoms with van der Waals surface area (Å²) in [7, 11) is 0. The zero-order valence-electron chi connectivity index (χ0n) is 16.8. The fourth-order valence-corrected chi connectivity index (χ4v) is 4.44. The van der Waals surface area contributed by atoms with Gasteiger partial charge in [0.1, 0.15) is 5.82 Å². The van der Waals surface area contributed by atoms with Crippen molar-refractivity contribution >= 4 is 17.3 Å². The summed E-state index contributed by atoms with van der Waals surface area (Å²) in [5.41, 5.74) is -4.14. The molecule has 0 bridgehead atoms. The van der Waals surface area contributed by atoms with E-state index in [1.807, 2.05) is 4.90 Å². The van der Waals surface area contributed by atoms with Crippen molar-refractivity contribution in [3.8, 4) is 0 Å². The fraction of sp³-hybridized carbons (Fsp3) is 0.455. The second-order valence-corrected chi connectivity index (χ2v) is 9.18. The molecule has 1 saturated heterocycles. The van der Waals surface area contributed by atoms with Gasteiger partial charge in [-0.3, -0.25) is 9.88 Å². The van der Waals surface area contributed by atoms with Gasteiger partial charge in [0.25, 0.3) is 5.60 Å². The minimum Gasteiger partial charge on any atom is -0.374 e. The van der Waals surface area contributed by atoms with Crippen molar-refractivity contribution in [2.24, 2.45) is 11.1 Å². The number of likely N-dealkylation sites (tertiary alicyclic amines) is 1. The second kappa shape index (κ2) is 7.38. The van der Waals surface area contributed by atoms with Gasteiger partial charge < -0.3 is 4.84 Å². The molecule has 5 rings (SSSR count). The molecule has 2 aliphatic heterocycles. The summed E-state index contributed by atoms with van der Waals surface area (Å²) in [5.74, 6) is -0.168. The van der Waals surface area contributed by atoms with E-state index in [0.717, 1.165) is 24.7 Å². The van der Waals surface area contributed by atoms with Crippen LogP contribution < -0.4 is 0 Å². The third kappa shape index (κ3) is 3.65. The van der Waals surface area contributed by atoms with Gasteiger partial charge in [-0.05, 0) is 43.0 Å². The van der Waals surface area contributed by atoms with Crippen LogP contribution in [0.25, 0.3) is 0 Å². The van der Waals surface area contributed by atoms with Gasteiger partial charge in [0.2, 0.25) is 0 Å². The van der Waals surface area contributed by atoms with Gasteiger partial charge in [-0.25, -0.2) is 8.78 Å². The minimum atomic E-state index is -4.84. The molecule has 4 nitrogen and oxygen atoms in total. The van der Waals surface area contributed by atoms with Crippen LogP contribution in [-0.4, -0.2) is 41.4 Å². The summed E-state index contributed by atoms with van der Waals surface area (Å²) < 4.78 is 70.6. The first-order valence-corrected chi connectivity index (χ1v) is 10.6. The van der Waals surface area contributed by atoms with E-state index in [1.165, 1.54) is 31.2 Å². The predicted octanol–water partition coefficient (Wildman–Crippen LogP) is 5.35. The molecule has 1 aliphatic carbocycles. The maximum Gasteiger partial charge on any atom is 0.435 e. The Morgan fingerprint density at radius 2 is 1.91 bits per heavy atom. The number of rotatable bonds is 5. The quantitative estimate of drug-likeness (QED) is 0.552. The van der Waals surface area contributed by atoms with Crippen LogP contribution in [-0.2, 0) is 16.1 Å². The topological polar surface area (TPSA) is 37.7 Å². The van der Waals surface area contributed by atoms with Gasteiger partial charge in [0.05, 0.1) is 22.8 Å². The lowest BCUT2D eigenvalue weighted by Crippen LogP contribution is -2.57. The first-order valence-electron chi connectivity index (χ1n) is 10.3. The summed E-state index contributed by atoms with van der Waals surface area (Å²) in [6, 6.07) is 5.70. The highest BCUT2D eigenvalue weighted by atomic mass is 35.5. The zero-order chi connectivity index (χ0) is 22.7. The first kappa shape index (κ1) is 21.6. The molecule has 3 heterocycles. The molecule has 0 amide bonds. The van der Waals surface area contributed by atoms with Gasteiger partial charge in [0.15, 0.2) is 5.67 Å². The van der Waals surface area contributed by atoms with Gasteiger partial charge >= 0.3 is 6.18 Å². The first-order chi connectivity index (χ1) is 15.1. The number of aromatic nitrogens is 1. The van der Waals surface area contributed by atoms with Crippen LogP contribution in [0.5, 0.6) is 0 Å². The van der Waals surface area contributed by atoms with E-state index < -0.39 is 34.7 Å². The molecular weight excluding hydrogens is 453 g/mol. The number of benzene rings is 1. The summed E-state index contributed by atoms with van der Waals surface area (Å²) in [4.78, 5) is 11.1. The Labute approximate surface area is 186 Å². The molecule has 3 aliphatic rings. The van der Waals surface area contributed by atoms with Crippen LogP contribution in [0.2, 0.25) is 5.02 Å². The molecule has 2 aromatic rings. The summed E-state index contributed by atoms with van der Waals surface area (Å²) in [5, 5.41) is 3.20. The van der Waals surface area contributed by atoms with Crippen molar-refractivity contribution in [1.82, 2.24) is 9.88 Å². The number of oxime groups is 1. The lowest BCUT2D eigenvalue weighted by atomic mass is 9.86. The van der Waals surface area contributed by atoms with Crippen LogP contribution in [0.15, 0.2) is 41.7 Å². The largest absolute Gasteiger partial charge is 0.435 e.